The Morgan fingerprint density at radius 2 is 0.532 bits per heavy atom. The van der Waals surface area contributed by atoms with Gasteiger partial charge in [-0.25, -0.2) is 0 Å². The van der Waals surface area contributed by atoms with E-state index in [1.54, 1.807) is 6.92 Å². The Morgan fingerprint density at radius 1 is 0.304 bits per heavy atom. The molecule has 79 heavy (non-hydrogen) atoms. The van der Waals surface area contributed by atoms with Gasteiger partial charge in [-0.2, -0.15) is 0 Å². The van der Waals surface area contributed by atoms with Crippen LogP contribution in [-0.2, 0) is 105 Å². The van der Waals surface area contributed by atoms with E-state index in [4.69, 9.17) is 5.73 Å². The summed E-state index contributed by atoms with van der Waals surface area (Å²) in [5.41, 5.74) is 5.18. The van der Waals surface area contributed by atoms with E-state index < -0.39 is 224 Å². The zero-order chi connectivity index (χ0) is 60.0. The van der Waals surface area contributed by atoms with Gasteiger partial charge in [0.25, 0.3) is 0 Å². The number of rotatable bonds is 41. The van der Waals surface area contributed by atoms with Gasteiger partial charge in [-0.1, -0.05) is 6.92 Å². The van der Waals surface area contributed by atoms with Crippen LogP contribution in [0.5, 0.6) is 0 Å². The Labute approximate surface area is 453 Å². The number of methoxy groups -OCH3 is 4. The summed E-state index contributed by atoms with van der Waals surface area (Å²) in [5.74, 6) is -14.2. The van der Waals surface area contributed by atoms with Crippen molar-refractivity contribution in [3.8, 4) is 0 Å². The number of hydrogen-bond acceptors (Lipinski definition) is 23. The number of carbonyl (C=O) groups is 18. The molecule has 0 rings (SSSR count). The molecular weight excluding hydrogens is 1060 g/mol. The van der Waals surface area contributed by atoms with Gasteiger partial charge in [-0.3, -0.25) is 86.3 Å². The first-order valence-electron chi connectivity index (χ1n) is 24.3. The molecule has 32 heteroatoms. The molecule has 0 aliphatic carbocycles. The fourth-order valence-corrected chi connectivity index (χ4v) is 6.12. The minimum atomic E-state index is -0.973. The number of ether oxygens (including phenoxy) is 4. The van der Waals surface area contributed by atoms with E-state index in [1.807, 2.05) is 0 Å². The van der Waals surface area contributed by atoms with Crippen molar-refractivity contribution in [2.75, 3.05) is 120 Å². The molecule has 0 bridgehead atoms. The lowest BCUT2D eigenvalue weighted by atomic mass is 10.2. The van der Waals surface area contributed by atoms with Gasteiger partial charge >= 0.3 is 23.9 Å². The normalized spacial score (nSPS) is 10.3. The number of amides is 9. The molecule has 440 valence electrons. The first-order chi connectivity index (χ1) is 37.3. The molecule has 9 amide bonds. The number of nitrogens with two attached hydrogens (primary N) is 1. The monoisotopic (exact) mass is 1130 g/mol. The number of hydrogen-bond donors (Lipinski definition) is 6. The highest BCUT2D eigenvalue weighted by Crippen LogP contribution is 2.04. The molecule has 0 spiro atoms. The van der Waals surface area contributed by atoms with Gasteiger partial charge in [-0.15, -0.1) is 0 Å². The zero-order valence-electron chi connectivity index (χ0n) is 44.8. The lowest BCUT2D eigenvalue weighted by Crippen LogP contribution is -2.46. The molecule has 0 atom stereocenters. The molecule has 7 N–H and O–H groups in total. The van der Waals surface area contributed by atoms with Gasteiger partial charge in [0.05, 0.1) is 93.9 Å². The number of esters is 4. The summed E-state index contributed by atoms with van der Waals surface area (Å²) < 4.78 is 18.2. The van der Waals surface area contributed by atoms with Crippen molar-refractivity contribution >= 4 is 106 Å². The summed E-state index contributed by atoms with van der Waals surface area (Å²) in [6.45, 7) is -7.38. The van der Waals surface area contributed by atoms with E-state index in [0.717, 1.165) is 38.2 Å². The van der Waals surface area contributed by atoms with Crippen LogP contribution in [0.1, 0.15) is 71.1 Å². The first kappa shape index (κ1) is 70.4. The smallest absolute Gasteiger partial charge is 0.325 e. The number of ketones is 5. The first-order valence-corrected chi connectivity index (χ1v) is 24.3. The van der Waals surface area contributed by atoms with E-state index in [2.05, 4.69) is 45.5 Å². The Morgan fingerprint density at radius 3 is 0.747 bits per heavy atom. The molecule has 0 aromatic rings. The van der Waals surface area contributed by atoms with Crippen molar-refractivity contribution in [3.05, 3.63) is 0 Å². The quantitative estimate of drug-likeness (QED) is 0.0245. The molecule has 0 aromatic heterocycles. The standard InChI is InChI=1S/C47H70N10O22/c1-6-7-30(58)17-49-35(63)12-8-31(59)22-54(26-44(72)76-2)40(68)18-50-36(64)13-9-32(60)23-55(27-45(73)77-3)41(69)19-51-37(65)14-10-33(61)24-56(28-46(74)78-4)42(70)20-52-38(66)15-11-34(62)25-57(29-47(75)79-5)43(71)21-53-39(67)16-48/h6-29,48H2,1-5H3,(H,49,63)(H,50,64)(H,51,65)(H,52,66)(H,53,67). The van der Waals surface area contributed by atoms with Crippen LogP contribution in [0.2, 0.25) is 0 Å². The highest BCUT2D eigenvalue weighted by atomic mass is 16.5. The second-order valence-electron chi connectivity index (χ2n) is 16.8. The highest BCUT2D eigenvalue weighted by Gasteiger charge is 2.27. The van der Waals surface area contributed by atoms with Gasteiger partial charge in [0.1, 0.15) is 26.2 Å². The zero-order valence-corrected chi connectivity index (χ0v) is 44.8. The summed E-state index contributed by atoms with van der Waals surface area (Å²) in [6, 6.07) is 0. The lowest BCUT2D eigenvalue weighted by molar-refractivity contribution is -0.148. The van der Waals surface area contributed by atoms with E-state index >= 15 is 0 Å². The number of nitrogens with zero attached hydrogens (tertiary/aromatic N) is 4. The average molecular weight is 1130 g/mol. The molecule has 0 aromatic carbocycles. The Bertz CT molecular complexity index is 2250. The molecule has 0 saturated carbocycles. The van der Waals surface area contributed by atoms with Gasteiger partial charge in [0.2, 0.25) is 53.2 Å². The number of carbonyl (C=O) groups excluding carboxylic acids is 18. The topological polar surface area (TPSA) is 443 Å². The maximum Gasteiger partial charge on any atom is 0.325 e. The van der Waals surface area contributed by atoms with Crippen LogP contribution in [0.15, 0.2) is 0 Å². The van der Waals surface area contributed by atoms with Crippen LogP contribution in [-0.4, -0.2) is 246 Å². The van der Waals surface area contributed by atoms with E-state index in [0.29, 0.717) is 16.2 Å². The minimum absolute atomic E-state index is 0.195. The van der Waals surface area contributed by atoms with Gasteiger partial charge < -0.3 is 70.9 Å². The third-order valence-corrected chi connectivity index (χ3v) is 10.5. The molecule has 0 saturated heterocycles. The van der Waals surface area contributed by atoms with Crippen molar-refractivity contribution in [1.29, 1.82) is 0 Å². The van der Waals surface area contributed by atoms with E-state index in [1.165, 1.54) is 0 Å². The van der Waals surface area contributed by atoms with Gasteiger partial charge in [-0.05, 0) is 6.42 Å². The number of nitrogens with one attached hydrogen (secondary N) is 5. The molecule has 0 radical (unpaired) electrons. The molecule has 0 aliphatic heterocycles. The van der Waals surface area contributed by atoms with E-state index in [-0.39, 0.29) is 31.6 Å². The largest absolute Gasteiger partial charge is 0.468 e. The molecule has 0 fully saturated rings. The maximum absolute atomic E-state index is 13.1. The number of Topliss-reactive ketones (excluding diaryl/α,β-unsaturated/α-hetero) is 5. The predicted molar refractivity (Wildman–Crippen MR) is 265 cm³/mol. The molecular formula is C47H70N10O22. The molecule has 0 unspecified atom stereocenters. The fraction of sp³-hybridized carbons (Fsp3) is 0.617. The van der Waals surface area contributed by atoms with Crippen molar-refractivity contribution < 1.29 is 105 Å². The average Bonchev–Trinajstić information content (AvgIpc) is 3.42. The molecule has 32 nitrogen and oxygen atoms in total. The lowest BCUT2D eigenvalue weighted by Gasteiger charge is -2.22. The van der Waals surface area contributed by atoms with Gasteiger partial charge in [0, 0.05) is 57.8 Å². The Hall–Kier alpha value is -8.58. The van der Waals surface area contributed by atoms with Crippen LogP contribution in [0.3, 0.4) is 0 Å². The minimum Gasteiger partial charge on any atom is -0.468 e. The van der Waals surface area contributed by atoms with Crippen molar-refractivity contribution in [1.82, 2.24) is 46.2 Å². The molecule has 0 heterocycles. The van der Waals surface area contributed by atoms with Crippen LogP contribution in [0.25, 0.3) is 0 Å². The van der Waals surface area contributed by atoms with Crippen LogP contribution in [0.4, 0.5) is 0 Å². The second-order valence-corrected chi connectivity index (χ2v) is 16.8. The molecule has 0 aliphatic rings. The summed E-state index contributed by atoms with van der Waals surface area (Å²) in [7, 11) is 4.07. The van der Waals surface area contributed by atoms with Crippen LogP contribution < -0.4 is 32.3 Å². The second kappa shape index (κ2) is 39.7. The third kappa shape index (κ3) is 33.2. The summed E-state index contributed by atoms with van der Waals surface area (Å²) in [6.07, 6.45) is -2.92. The fourth-order valence-electron chi connectivity index (χ4n) is 6.12. The Kier molecular flexibility index (Phi) is 35.4. The maximum atomic E-state index is 13.1. The van der Waals surface area contributed by atoms with Crippen LogP contribution >= 0.6 is 0 Å². The van der Waals surface area contributed by atoms with Crippen molar-refractivity contribution in [2.45, 2.75) is 71.1 Å². The van der Waals surface area contributed by atoms with Crippen LogP contribution in [0, 0.1) is 0 Å². The highest BCUT2D eigenvalue weighted by molar-refractivity contribution is 5.97. The van der Waals surface area contributed by atoms with E-state index in [9.17, 15) is 86.3 Å². The van der Waals surface area contributed by atoms with Gasteiger partial charge in [0.15, 0.2) is 28.9 Å². The Balaban J connectivity index is 5.28. The summed E-state index contributed by atoms with van der Waals surface area (Å²) in [4.78, 5) is 226. The SMILES string of the molecule is CCCC(=O)CNC(=O)CCC(=O)CN(CC(=O)OC)C(=O)CNC(=O)CCC(=O)CN(CC(=O)OC)C(=O)CNC(=O)CCC(=O)CN(CC(=O)OC)C(=O)CNC(=O)CCC(=O)CN(CC(=O)OC)C(=O)CNC(=O)CN. The van der Waals surface area contributed by atoms with Crippen molar-refractivity contribution in [3.63, 3.8) is 0 Å². The predicted octanol–water partition coefficient (Wildman–Crippen LogP) is -6.70. The summed E-state index contributed by atoms with van der Waals surface area (Å²) >= 11 is 0. The summed E-state index contributed by atoms with van der Waals surface area (Å²) in [5, 5.41) is 11.3. The third-order valence-electron chi connectivity index (χ3n) is 10.5. The van der Waals surface area contributed by atoms with Crippen molar-refractivity contribution in [2.24, 2.45) is 5.73 Å².